The Hall–Kier alpha value is -7.93. The Kier molecular flexibility index (Phi) is 20.2. The van der Waals surface area contributed by atoms with Gasteiger partial charge < -0.3 is 41.3 Å². The number of amides is 5. The third-order valence-electron chi connectivity index (χ3n) is 13.6. The van der Waals surface area contributed by atoms with E-state index in [0.29, 0.717) is 36.8 Å². The van der Waals surface area contributed by atoms with E-state index in [2.05, 4.69) is 26.6 Å². The molecule has 0 bridgehead atoms. The molecule has 0 aromatic heterocycles. The van der Waals surface area contributed by atoms with E-state index >= 15 is 0 Å². The number of Topliss-reactive ketones (excluding diaryl/α,β-unsaturated/α-hetero) is 1. The van der Waals surface area contributed by atoms with Crippen molar-refractivity contribution in [3.63, 3.8) is 0 Å². The highest BCUT2D eigenvalue weighted by Crippen LogP contribution is 2.44. The molecule has 1 saturated carbocycles. The van der Waals surface area contributed by atoms with E-state index in [1.54, 1.807) is 60.7 Å². The number of hydrogen-bond acceptors (Lipinski definition) is 11. The van der Waals surface area contributed by atoms with Crippen LogP contribution in [0.4, 0.5) is 4.79 Å². The van der Waals surface area contributed by atoms with Crippen molar-refractivity contribution >= 4 is 53.4 Å². The minimum absolute atomic E-state index is 0.00585. The molecule has 0 unspecified atom stereocenters. The van der Waals surface area contributed by atoms with E-state index in [4.69, 9.17) is 4.74 Å². The van der Waals surface area contributed by atoms with Crippen LogP contribution < -0.4 is 26.6 Å². The van der Waals surface area contributed by atoms with Crippen LogP contribution in [0, 0.1) is 11.8 Å². The van der Waals surface area contributed by atoms with Gasteiger partial charge in [-0.05, 0) is 64.5 Å². The number of nitrogens with zero attached hydrogens (tertiary/aromatic N) is 1. The Morgan fingerprint density at radius 1 is 0.600 bits per heavy atom. The molecule has 6 atom stereocenters. The SMILES string of the molecule is CC(C)C[C@H](NCC(=O)[C@@H](c1ccccc1)N(C)C(=O)OCC1c2ccccc2-c2ccccc21)C(=O)N[C@@H](CC(=O)O)C(=O)N[C@H](C(=O)N[C@@H](CC(=O)O)C(=O)N[C@@H](Cc1ccccc1)C(=O)O)C1CCCCC1. The first-order valence-electron chi connectivity index (χ1n) is 25.2. The Labute approximate surface area is 435 Å². The second kappa shape index (κ2) is 26.9. The number of ketones is 1. The Balaban J connectivity index is 1.15. The molecule has 4 aromatic carbocycles. The largest absolute Gasteiger partial charge is 0.481 e. The van der Waals surface area contributed by atoms with Gasteiger partial charge in [-0.2, -0.15) is 0 Å². The molecule has 5 amide bonds. The van der Waals surface area contributed by atoms with Gasteiger partial charge in [-0.25, -0.2) is 9.59 Å². The number of carbonyl (C=O) groups is 9. The number of hydrogen-bond donors (Lipinski definition) is 8. The number of rotatable bonds is 26. The molecule has 8 N–H and O–H groups in total. The van der Waals surface area contributed by atoms with Crippen molar-refractivity contribution in [3.8, 4) is 11.1 Å². The molecule has 19 nitrogen and oxygen atoms in total. The molecule has 4 aromatic rings. The number of aliphatic carboxylic acids is 3. The van der Waals surface area contributed by atoms with E-state index in [1.165, 1.54) is 11.9 Å². The Morgan fingerprint density at radius 3 is 1.64 bits per heavy atom. The zero-order valence-corrected chi connectivity index (χ0v) is 42.2. The summed E-state index contributed by atoms with van der Waals surface area (Å²) in [4.78, 5) is 122. The molecular formula is C56H66N6O13. The van der Waals surface area contributed by atoms with E-state index in [0.717, 1.165) is 28.7 Å². The van der Waals surface area contributed by atoms with Crippen LogP contribution in [0.3, 0.4) is 0 Å². The molecule has 0 spiro atoms. The first-order valence-corrected chi connectivity index (χ1v) is 25.2. The highest BCUT2D eigenvalue weighted by atomic mass is 16.6. The summed E-state index contributed by atoms with van der Waals surface area (Å²) in [5.74, 6) is -9.78. The lowest BCUT2D eigenvalue weighted by Crippen LogP contribution is -2.61. The van der Waals surface area contributed by atoms with Crippen LogP contribution in [0.5, 0.6) is 0 Å². The molecule has 19 heteroatoms. The standard InChI is InChI=1S/C56H66N6O13/c1-33(2)27-42(57-31-46(63)50(36-21-11-6-12-22-36)62(3)56(74)75-32-41-39-25-15-13-23-37(39)38-24-14-16-26-40(38)41)51(68)58-44(30-48(66)67)53(70)61-49(35-19-9-5-10-20-35)54(71)59-43(29-47(64)65)52(69)60-45(55(72)73)28-34-17-7-4-8-18-34/h4,6-8,11-18,21-26,33,35,41-45,49-50,57H,5,9-10,19-20,27-32H2,1-3H3,(H,58,68)(H,59,71)(H,60,69)(H,61,70)(H,64,65)(H,66,67)(H,72,73)/t42-,43-,44-,45-,49-,50+/m0/s1. The minimum atomic E-state index is -1.78. The van der Waals surface area contributed by atoms with Gasteiger partial charge >= 0.3 is 24.0 Å². The maximum Gasteiger partial charge on any atom is 0.410 e. The van der Waals surface area contributed by atoms with Gasteiger partial charge in [0.15, 0.2) is 5.78 Å². The fraction of sp³-hybridized carbons (Fsp3) is 0.411. The van der Waals surface area contributed by atoms with Gasteiger partial charge in [-0.15, -0.1) is 0 Å². The fourth-order valence-electron chi connectivity index (χ4n) is 9.88. The van der Waals surface area contributed by atoms with E-state index in [9.17, 15) is 58.5 Å². The van der Waals surface area contributed by atoms with E-state index in [-0.39, 0.29) is 31.3 Å². The Bertz CT molecular complexity index is 2630. The second-order valence-electron chi connectivity index (χ2n) is 19.5. The zero-order valence-electron chi connectivity index (χ0n) is 42.2. The third-order valence-corrected chi connectivity index (χ3v) is 13.6. The van der Waals surface area contributed by atoms with Gasteiger partial charge in [0.25, 0.3) is 0 Å². The molecule has 398 valence electrons. The van der Waals surface area contributed by atoms with Gasteiger partial charge in [-0.1, -0.05) is 142 Å². The smallest absolute Gasteiger partial charge is 0.410 e. The lowest BCUT2D eigenvalue weighted by molar-refractivity contribution is -0.143. The van der Waals surface area contributed by atoms with Crippen LogP contribution in [0.1, 0.15) is 99.4 Å². The van der Waals surface area contributed by atoms with Crippen LogP contribution in [-0.4, -0.2) is 124 Å². The van der Waals surface area contributed by atoms with Crippen molar-refractivity contribution in [2.24, 2.45) is 11.8 Å². The molecular weight excluding hydrogens is 965 g/mol. The van der Waals surface area contributed by atoms with Crippen molar-refractivity contribution in [2.75, 3.05) is 20.2 Å². The number of fused-ring (bicyclic) bond motifs is 3. The van der Waals surface area contributed by atoms with Crippen molar-refractivity contribution in [1.82, 2.24) is 31.5 Å². The predicted molar refractivity (Wildman–Crippen MR) is 275 cm³/mol. The zero-order chi connectivity index (χ0) is 54.2. The molecule has 6 rings (SSSR count). The van der Waals surface area contributed by atoms with Crippen molar-refractivity contribution < 1.29 is 63.2 Å². The predicted octanol–water partition coefficient (Wildman–Crippen LogP) is 4.98. The monoisotopic (exact) mass is 1030 g/mol. The van der Waals surface area contributed by atoms with Crippen LogP contribution in [0.2, 0.25) is 0 Å². The third kappa shape index (κ3) is 15.5. The molecule has 1 fully saturated rings. The van der Waals surface area contributed by atoms with E-state index < -0.39 is 115 Å². The highest BCUT2D eigenvalue weighted by molar-refractivity contribution is 5.98. The number of carbonyl (C=O) groups excluding carboxylic acids is 6. The fourth-order valence-corrected chi connectivity index (χ4v) is 9.88. The summed E-state index contributed by atoms with van der Waals surface area (Å²) in [6.07, 6.45) is 0.342. The maximum absolute atomic E-state index is 14.3. The number of benzene rings is 4. The van der Waals surface area contributed by atoms with Gasteiger partial charge in [0.05, 0.1) is 25.4 Å². The topological polar surface area (TPSA) is 287 Å². The average Bonchev–Trinajstić information content (AvgIpc) is 3.71. The molecule has 0 aliphatic heterocycles. The molecule has 0 saturated heterocycles. The molecule has 2 aliphatic carbocycles. The summed E-state index contributed by atoms with van der Waals surface area (Å²) in [5.41, 5.74) is 5.16. The van der Waals surface area contributed by atoms with Crippen LogP contribution in [-0.2, 0) is 49.5 Å². The van der Waals surface area contributed by atoms with Gasteiger partial charge in [0, 0.05) is 19.4 Å². The molecule has 0 heterocycles. The van der Waals surface area contributed by atoms with Gasteiger partial charge in [-0.3, -0.25) is 43.8 Å². The van der Waals surface area contributed by atoms with Gasteiger partial charge in [0.1, 0.15) is 36.8 Å². The summed E-state index contributed by atoms with van der Waals surface area (Å²) in [6.45, 7) is 3.19. The number of carboxylic acids is 3. The number of likely N-dealkylation sites (N-methyl/N-ethyl adjacent to an activating group) is 1. The summed E-state index contributed by atoms with van der Waals surface area (Å²) < 4.78 is 5.91. The number of ether oxygens (including phenoxy) is 1. The highest BCUT2D eigenvalue weighted by Gasteiger charge is 2.39. The first kappa shape index (κ1) is 56.4. The maximum atomic E-state index is 14.3. The normalized spacial score (nSPS) is 15.6. The van der Waals surface area contributed by atoms with Crippen LogP contribution >= 0.6 is 0 Å². The van der Waals surface area contributed by atoms with Crippen LogP contribution in [0.15, 0.2) is 109 Å². The lowest BCUT2D eigenvalue weighted by atomic mass is 9.83. The number of nitrogens with one attached hydrogen (secondary N) is 5. The van der Waals surface area contributed by atoms with E-state index in [1.807, 2.05) is 62.4 Å². The summed E-state index contributed by atoms with van der Waals surface area (Å²) in [5, 5.41) is 42.4. The van der Waals surface area contributed by atoms with Crippen molar-refractivity contribution in [3.05, 3.63) is 131 Å². The van der Waals surface area contributed by atoms with Crippen molar-refractivity contribution in [1.29, 1.82) is 0 Å². The Morgan fingerprint density at radius 2 is 1.09 bits per heavy atom. The molecule has 75 heavy (non-hydrogen) atoms. The summed E-state index contributed by atoms with van der Waals surface area (Å²) in [7, 11) is 1.45. The van der Waals surface area contributed by atoms with Crippen LogP contribution in [0.25, 0.3) is 11.1 Å². The lowest BCUT2D eigenvalue weighted by Gasteiger charge is -2.32. The quantitative estimate of drug-likeness (QED) is 0.0412. The first-order chi connectivity index (χ1) is 35.9. The summed E-state index contributed by atoms with van der Waals surface area (Å²) >= 11 is 0. The second-order valence-corrected chi connectivity index (χ2v) is 19.5. The molecule has 0 radical (unpaired) electrons. The summed E-state index contributed by atoms with van der Waals surface area (Å²) in [6, 6.07) is 23.9. The van der Waals surface area contributed by atoms with Crippen molar-refractivity contribution in [2.45, 2.75) is 114 Å². The molecule has 2 aliphatic rings. The average molecular weight is 1030 g/mol. The minimum Gasteiger partial charge on any atom is -0.481 e. The number of carboxylic acid groups (broad SMARTS) is 3. The van der Waals surface area contributed by atoms with Gasteiger partial charge in [0.2, 0.25) is 23.6 Å².